The van der Waals surface area contributed by atoms with Gasteiger partial charge in [-0.25, -0.2) is 9.18 Å². The Morgan fingerprint density at radius 3 is 2.46 bits per heavy atom. The molecule has 1 saturated heterocycles. The Hall–Kier alpha value is -3.75. The number of halogens is 2. The van der Waals surface area contributed by atoms with Gasteiger partial charge in [-0.1, -0.05) is 61.8 Å². The zero-order chi connectivity index (χ0) is 28.3. The van der Waals surface area contributed by atoms with Crippen LogP contribution < -0.4 is 10.6 Å². The summed E-state index contributed by atoms with van der Waals surface area (Å²) in [6.07, 6.45) is 0. The standard InChI is InChI=1S/C30H31ClFN3O4/c1-18(2)21-10-5-6-11-23(21)30(16-35(17-30)15-19-8-7-9-20(12-19)28(37)39-4)29(38)34-26-14-25(32)24(31)13-22(26)27(36)33-3/h5-14,18H,15-17H2,1-4H3,(H,33,36)(H,34,38). The van der Waals surface area contributed by atoms with Crippen LogP contribution >= 0.6 is 11.6 Å². The Bertz CT molecular complexity index is 1420. The number of hydrogen-bond donors (Lipinski definition) is 2. The number of ether oxygens (including phenoxy) is 1. The molecule has 0 saturated carbocycles. The molecule has 1 aliphatic rings. The molecule has 0 bridgehead atoms. The van der Waals surface area contributed by atoms with E-state index >= 15 is 0 Å². The van der Waals surface area contributed by atoms with Crippen LogP contribution in [0.3, 0.4) is 0 Å². The molecule has 2 amide bonds. The number of benzene rings is 3. The van der Waals surface area contributed by atoms with E-state index in [-0.39, 0.29) is 28.1 Å². The second kappa shape index (κ2) is 11.6. The van der Waals surface area contributed by atoms with E-state index in [0.717, 1.165) is 22.8 Å². The molecule has 0 spiro atoms. The number of amides is 2. The van der Waals surface area contributed by atoms with Crippen LogP contribution in [0.1, 0.15) is 57.2 Å². The van der Waals surface area contributed by atoms with Gasteiger partial charge in [0.15, 0.2) is 0 Å². The van der Waals surface area contributed by atoms with Crippen molar-refractivity contribution in [3.05, 3.63) is 99.3 Å². The molecule has 0 radical (unpaired) electrons. The Balaban J connectivity index is 1.68. The summed E-state index contributed by atoms with van der Waals surface area (Å²) >= 11 is 5.94. The first kappa shape index (κ1) is 28.3. The van der Waals surface area contributed by atoms with Crippen molar-refractivity contribution < 1.29 is 23.5 Å². The molecule has 0 aromatic heterocycles. The summed E-state index contributed by atoms with van der Waals surface area (Å²) in [7, 11) is 2.79. The van der Waals surface area contributed by atoms with Crippen LogP contribution in [0.25, 0.3) is 0 Å². The third kappa shape index (κ3) is 5.67. The number of methoxy groups -OCH3 is 1. The van der Waals surface area contributed by atoms with Gasteiger partial charge in [0.1, 0.15) is 5.82 Å². The van der Waals surface area contributed by atoms with Gasteiger partial charge in [0.05, 0.1) is 34.4 Å². The Morgan fingerprint density at radius 1 is 1.08 bits per heavy atom. The van der Waals surface area contributed by atoms with E-state index in [2.05, 4.69) is 29.4 Å². The average molecular weight is 552 g/mol. The van der Waals surface area contributed by atoms with Gasteiger partial charge in [0.25, 0.3) is 5.91 Å². The SMILES string of the molecule is CNC(=O)c1cc(Cl)c(F)cc1NC(=O)C1(c2ccccc2C(C)C)CN(Cc2cccc(C(=O)OC)c2)C1. The summed E-state index contributed by atoms with van der Waals surface area (Å²) in [5, 5.41) is 5.12. The molecule has 1 fully saturated rings. The number of anilines is 1. The lowest BCUT2D eigenvalue weighted by molar-refractivity contribution is -0.128. The lowest BCUT2D eigenvalue weighted by Crippen LogP contribution is -2.64. The van der Waals surface area contributed by atoms with E-state index in [9.17, 15) is 18.8 Å². The number of rotatable bonds is 8. The molecule has 3 aromatic carbocycles. The molecule has 4 rings (SSSR count). The molecular weight excluding hydrogens is 521 g/mol. The van der Waals surface area contributed by atoms with E-state index in [1.807, 2.05) is 30.3 Å². The molecular formula is C30H31ClFN3O4. The number of hydrogen-bond acceptors (Lipinski definition) is 5. The van der Waals surface area contributed by atoms with Crippen LogP contribution in [-0.2, 0) is 21.5 Å². The molecule has 7 nitrogen and oxygen atoms in total. The van der Waals surface area contributed by atoms with Crippen molar-refractivity contribution in [1.82, 2.24) is 10.2 Å². The van der Waals surface area contributed by atoms with Gasteiger partial charge in [-0.05, 0) is 46.9 Å². The second-order valence-corrected chi connectivity index (χ2v) is 10.4. The molecule has 0 aliphatic carbocycles. The fourth-order valence-electron chi connectivity index (χ4n) is 5.09. The highest BCUT2D eigenvalue weighted by molar-refractivity contribution is 6.31. The third-order valence-corrected chi connectivity index (χ3v) is 7.34. The van der Waals surface area contributed by atoms with Crippen molar-refractivity contribution in [3.8, 4) is 0 Å². The van der Waals surface area contributed by atoms with Gasteiger partial charge in [-0.2, -0.15) is 0 Å². The third-order valence-electron chi connectivity index (χ3n) is 7.05. The summed E-state index contributed by atoms with van der Waals surface area (Å²) < 4.78 is 19.3. The van der Waals surface area contributed by atoms with Crippen molar-refractivity contribution in [1.29, 1.82) is 0 Å². The highest BCUT2D eigenvalue weighted by atomic mass is 35.5. The zero-order valence-electron chi connectivity index (χ0n) is 22.3. The largest absolute Gasteiger partial charge is 0.465 e. The van der Waals surface area contributed by atoms with Crippen molar-refractivity contribution in [3.63, 3.8) is 0 Å². The van der Waals surface area contributed by atoms with Crippen molar-refractivity contribution in [2.45, 2.75) is 31.7 Å². The summed E-state index contributed by atoms with van der Waals surface area (Å²) in [5.74, 6) is -1.84. The molecule has 9 heteroatoms. The molecule has 1 aliphatic heterocycles. The minimum absolute atomic E-state index is 0.0480. The van der Waals surface area contributed by atoms with E-state index < -0.39 is 23.1 Å². The number of likely N-dealkylation sites (tertiary alicyclic amines) is 1. The van der Waals surface area contributed by atoms with Gasteiger partial charge in [0.2, 0.25) is 5.91 Å². The van der Waals surface area contributed by atoms with Gasteiger partial charge >= 0.3 is 5.97 Å². The highest BCUT2D eigenvalue weighted by Crippen LogP contribution is 2.41. The number of carbonyl (C=O) groups excluding carboxylic acids is 3. The molecule has 3 aromatic rings. The lowest BCUT2D eigenvalue weighted by atomic mass is 9.69. The minimum Gasteiger partial charge on any atom is -0.465 e. The molecule has 204 valence electrons. The van der Waals surface area contributed by atoms with E-state index in [1.165, 1.54) is 20.2 Å². The minimum atomic E-state index is -0.948. The summed E-state index contributed by atoms with van der Waals surface area (Å²) in [5.41, 5.74) is 2.45. The molecule has 2 N–H and O–H groups in total. The molecule has 1 heterocycles. The topological polar surface area (TPSA) is 87.7 Å². The maximum Gasteiger partial charge on any atom is 0.337 e. The van der Waals surface area contributed by atoms with Crippen LogP contribution in [0.5, 0.6) is 0 Å². The van der Waals surface area contributed by atoms with Gasteiger partial charge < -0.3 is 15.4 Å². The first-order chi connectivity index (χ1) is 18.6. The van der Waals surface area contributed by atoms with Crippen molar-refractivity contribution >= 4 is 35.1 Å². The van der Waals surface area contributed by atoms with Crippen LogP contribution in [0.2, 0.25) is 5.02 Å². The van der Waals surface area contributed by atoms with Crippen LogP contribution in [-0.4, -0.2) is 49.9 Å². The average Bonchev–Trinajstić information content (AvgIpc) is 2.91. The van der Waals surface area contributed by atoms with E-state index in [4.69, 9.17) is 16.3 Å². The summed E-state index contributed by atoms with van der Waals surface area (Å²) in [4.78, 5) is 40.6. The smallest absolute Gasteiger partial charge is 0.337 e. The number of esters is 1. The number of nitrogens with zero attached hydrogens (tertiary/aromatic N) is 1. The van der Waals surface area contributed by atoms with Crippen molar-refractivity contribution in [2.75, 3.05) is 32.6 Å². The monoisotopic (exact) mass is 551 g/mol. The maximum atomic E-state index is 14.4. The Morgan fingerprint density at radius 2 is 1.79 bits per heavy atom. The molecule has 0 atom stereocenters. The number of carbonyl (C=O) groups is 3. The van der Waals surface area contributed by atoms with E-state index in [0.29, 0.717) is 25.2 Å². The first-order valence-electron chi connectivity index (χ1n) is 12.6. The van der Waals surface area contributed by atoms with Gasteiger partial charge in [-0.3, -0.25) is 14.5 Å². The van der Waals surface area contributed by atoms with Crippen LogP contribution in [0.15, 0.2) is 60.7 Å². The first-order valence-corrected chi connectivity index (χ1v) is 13.0. The normalized spacial score (nSPS) is 14.4. The second-order valence-electron chi connectivity index (χ2n) is 10.0. The Kier molecular flexibility index (Phi) is 8.37. The summed E-state index contributed by atoms with van der Waals surface area (Å²) in [6.45, 7) is 5.42. The summed E-state index contributed by atoms with van der Waals surface area (Å²) in [6, 6.07) is 17.3. The lowest BCUT2D eigenvalue weighted by Gasteiger charge is -2.50. The predicted molar refractivity (Wildman–Crippen MR) is 149 cm³/mol. The van der Waals surface area contributed by atoms with Gasteiger partial charge in [-0.15, -0.1) is 0 Å². The van der Waals surface area contributed by atoms with Crippen molar-refractivity contribution in [2.24, 2.45) is 0 Å². The van der Waals surface area contributed by atoms with Crippen LogP contribution in [0.4, 0.5) is 10.1 Å². The van der Waals surface area contributed by atoms with Gasteiger partial charge in [0, 0.05) is 26.7 Å². The quantitative estimate of drug-likeness (QED) is 0.378. The molecule has 39 heavy (non-hydrogen) atoms. The zero-order valence-corrected chi connectivity index (χ0v) is 23.1. The predicted octanol–water partition coefficient (Wildman–Crippen LogP) is 5.14. The number of nitrogens with one attached hydrogen (secondary N) is 2. The highest BCUT2D eigenvalue weighted by Gasteiger charge is 2.51. The maximum absolute atomic E-state index is 14.4. The van der Waals surface area contributed by atoms with E-state index in [1.54, 1.807) is 18.2 Å². The Labute approximate surface area is 232 Å². The van der Waals surface area contributed by atoms with Crippen LogP contribution in [0, 0.1) is 5.82 Å². The fourth-order valence-corrected chi connectivity index (χ4v) is 5.25. The molecule has 0 unspecified atom stereocenters. The fraction of sp³-hybridized carbons (Fsp3) is 0.300.